The van der Waals surface area contributed by atoms with Crippen LogP contribution in [0, 0.1) is 23.5 Å². The Hall–Kier alpha value is -3.27. The number of anilines is 1. The molecular weight excluding hydrogens is 486 g/mol. The Morgan fingerprint density at radius 2 is 1.69 bits per heavy atom. The van der Waals surface area contributed by atoms with E-state index >= 15 is 0 Å². The van der Waals surface area contributed by atoms with Crippen LogP contribution in [0.15, 0.2) is 30.3 Å². The first-order valence-corrected chi connectivity index (χ1v) is 15.4. The summed E-state index contributed by atoms with van der Waals surface area (Å²) in [5, 5.41) is 11.8. The third-order valence-electron chi connectivity index (χ3n) is 7.01. The quantitative estimate of drug-likeness (QED) is 0.571. The van der Waals surface area contributed by atoms with Gasteiger partial charge in [0.1, 0.15) is 23.4 Å². The van der Waals surface area contributed by atoms with Gasteiger partial charge in [0.25, 0.3) is 5.91 Å². The van der Waals surface area contributed by atoms with E-state index in [1.165, 1.54) is 12.0 Å². The van der Waals surface area contributed by atoms with Gasteiger partial charge in [-0.15, -0.1) is 0 Å². The van der Waals surface area contributed by atoms with Crippen LogP contribution < -0.4 is 15.2 Å². The van der Waals surface area contributed by atoms with Gasteiger partial charge in [0.15, 0.2) is 0 Å². The van der Waals surface area contributed by atoms with Crippen molar-refractivity contribution in [3.63, 3.8) is 0 Å². The van der Waals surface area contributed by atoms with Gasteiger partial charge in [0, 0.05) is 23.3 Å². The maximum absolute atomic E-state index is 14.8. The molecule has 2 aromatic rings. The van der Waals surface area contributed by atoms with Crippen molar-refractivity contribution < 1.29 is 33.0 Å². The van der Waals surface area contributed by atoms with Crippen molar-refractivity contribution in [2.24, 2.45) is 11.8 Å². The summed E-state index contributed by atoms with van der Waals surface area (Å²) < 4.78 is 34.9. The van der Waals surface area contributed by atoms with Gasteiger partial charge in [-0.2, -0.15) is 0 Å². The molecule has 1 heterocycles. The zero-order valence-electron chi connectivity index (χ0n) is 20.7. The highest BCUT2D eigenvalue weighted by atomic mass is 28.3. The molecule has 1 aliphatic carbocycles. The van der Waals surface area contributed by atoms with E-state index in [-0.39, 0.29) is 36.2 Å². The summed E-state index contributed by atoms with van der Waals surface area (Å²) in [5.41, 5.74) is 1.41. The first-order chi connectivity index (χ1) is 16.9. The van der Waals surface area contributed by atoms with E-state index in [9.17, 15) is 28.3 Å². The van der Waals surface area contributed by atoms with E-state index in [4.69, 9.17) is 4.74 Å². The maximum atomic E-state index is 14.8. The van der Waals surface area contributed by atoms with Crippen molar-refractivity contribution in [3.05, 3.63) is 53.1 Å². The van der Waals surface area contributed by atoms with E-state index in [0.717, 1.165) is 17.7 Å². The summed E-state index contributed by atoms with van der Waals surface area (Å²) in [6.07, 6.45) is 0.942. The molecule has 0 unspecified atom stereocenters. The van der Waals surface area contributed by atoms with Crippen LogP contribution in [0.25, 0.3) is 0 Å². The van der Waals surface area contributed by atoms with Gasteiger partial charge >= 0.3 is 5.97 Å². The smallest absolute Gasteiger partial charge is 0.306 e. The lowest BCUT2D eigenvalue weighted by Crippen LogP contribution is -2.50. The number of aliphatic carboxylic acids is 1. The minimum atomic E-state index is -2.29. The number of nitrogens with zero attached hydrogens (tertiary/aromatic N) is 1. The van der Waals surface area contributed by atoms with Gasteiger partial charge in [0.05, 0.1) is 21.1 Å². The third kappa shape index (κ3) is 4.86. The molecule has 7 nitrogen and oxygen atoms in total. The number of nitrogens with one attached hydrogen (secondary N) is 1. The molecule has 2 amide bonds. The molecule has 0 radical (unpaired) electrons. The van der Waals surface area contributed by atoms with Crippen molar-refractivity contribution in [1.29, 1.82) is 0 Å². The van der Waals surface area contributed by atoms with Gasteiger partial charge in [-0.3, -0.25) is 14.4 Å². The molecule has 1 aliphatic heterocycles. The number of methoxy groups -OCH3 is 1. The number of amides is 2. The van der Waals surface area contributed by atoms with Crippen LogP contribution in [-0.2, 0) is 20.8 Å². The highest BCUT2D eigenvalue weighted by Crippen LogP contribution is 2.40. The van der Waals surface area contributed by atoms with E-state index in [1.807, 2.05) is 25.7 Å². The first kappa shape index (κ1) is 25.8. The molecule has 2 aromatic carbocycles. The molecule has 36 heavy (non-hydrogen) atoms. The number of hydrogen-bond acceptors (Lipinski definition) is 4. The Bertz CT molecular complexity index is 1200. The number of benzene rings is 2. The molecule has 4 rings (SSSR count). The molecule has 2 N–H and O–H groups in total. The average molecular weight is 517 g/mol. The minimum Gasteiger partial charge on any atom is -0.497 e. The van der Waals surface area contributed by atoms with Gasteiger partial charge in [-0.05, 0) is 54.7 Å². The van der Waals surface area contributed by atoms with Crippen molar-refractivity contribution in [3.8, 4) is 5.75 Å². The molecule has 192 valence electrons. The average Bonchev–Trinajstić information content (AvgIpc) is 2.74. The third-order valence-corrected chi connectivity index (χ3v) is 8.98. The second-order valence-corrected chi connectivity index (χ2v) is 15.5. The number of rotatable bonds is 6. The van der Waals surface area contributed by atoms with Crippen LogP contribution in [0.4, 0.5) is 14.5 Å². The highest BCUT2D eigenvalue weighted by Gasteiger charge is 2.45. The SMILES string of the molecule is COc1ccc2c(c1)CCN(C(=O)[C@H]1C[C@@H](C(=O)O)C1)[C@H]2C(=O)Nc1cc(F)c([Si](C)(C)C)c(F)c1. The predicted octanol–water partition coefficient (Wildman–Crippen LogP) is 3.69. The molecular formula is C26H30F2N2O5Si. The van der Waals surface area contributed by atoms with E-state index in [1.54, 1.807) is 12.1 Å². The van der Waals surface area contributed by atoms with Crippen molar-refractivity contribution >= 4 is 36.7 Å². The number of hydrogen-bond donors (Lipinski definition) is 2. The molecule has 0 saturated heterocycles. The van der Waals surface area contributed by atoms with Gasteiger partial charge in [-0.1, -0.05) is 25.7 Å². The number of carbonyl (C=O) groups excluding carboxylic acids is 2. The molecule has 1 fully saturated rings. The molecule has 0 bridgehead atoms. The van der Waals surface area contributed by atoms with Crippen LogP contribution in [0.2, 0.25) is 19.6 Å². The number of fused-ring (bicyclic) bond motifs is 1. The number of ether oxygens (including phenoxy) is 1. The summed E-state index contributed by atoms with van der Waals surface area (Å²) in [6.45, 7) is 5.75. The second-order valence-electron chi connectivity index (χ2n) is 10.5. The van der Waals surface area contributed by atoms with Crippen LogP contribution in [0.3, 0.4) is 0 Å². The molecule has 0 spiro atoms. The number of carboxylic acid groups (broad SMARTS) is 1. The Labute approximate surface area is 209 Å². The Morgan fingerprint density at radius 1 is 1.06 bits per heavy atom. The molecule has 1 saturated carbocycles. The second kappa shape index (κ2) is 9.65. The van der Waals surface area contributed by atoms with Crippen molar-refractivity contribution in [2.45, 2.75) is 44.9 Å². The maximum Gasteiger partial charge on any atom is 0.306 e. The van der Waals surface area contributed by atoms with Crippen molar-refractivity contribution in [2.75, 3.05) is 19.0 Å². The topological polar surface area (TPSA) is 95.9 Å². The summed E-state index contributed by atoms with van der Waals surface area (Å²) in [7, 11) is -0.759. The minimum absolute atomic E-state index is 0.0281. The highest BCUT2D eigenvalue weighted by molar-refractivity contribution is 6.88. The lowest BCUT2D eigenvalue weighted by atomic mass is 9.73. The fourth-order valence-corrected chi connectivity index (χ4v) is 6.66. The van der Waals surface area contributed by atoms with E-state index in [2.05, 4.69) is 5.32 Å². The summed E-state index contributed by atoms with van der Waals surface area (Å²) in [4.78, 5) is 39.5. The standard InChI is InChI=1S/C26H30F2N2O5Si/c1-35-18-5-6-19-14(11-18)7-8-30(25(32)15-9-16(10-15)26(33)34)22(19)24(31)29-17-12-20(27)23(21(28)13-17)36(2,3)4/h5-6,11-13,15-16,22H,7-10H2,1-4H3,(H,29,31)(H,33,34)/t15-,16+,22-/m1/s1. The van der Waals surface area contributed by atoms with Crippen LogP contribution in [-0.4, -0.2) is 49.5 Å². The van der Waals surface area contributed by atoms with Crippen molar-refractivity contribution in [1.82, 2.24) is 4.90 Å². The number of halogens is 2. The summed E-state index contributed by atoms with van der Waals surface area (Å²) >= 11 is 0. The van der Waals surface area contributed by atoms with E-state index < -0.39 is 49.5 Å². The van der Waals surface area contributed by atoms with Gasteiger partial charge in [-0.25, -0.2) is 8.78 Å². The summed E-state index contributed by atoms with van der Waals surface area (Å²) in [6, 6.07) is 6.42. The van der Waals surface area contributed by atoms with E-state index in [0.29, 0.717) is 17.7 Å². The lowest BCUT2D eigenvalue weighted by Gasteiger charge is -2.41. The van der Waals surface area contributed by atoms with Crippen LogP contribution in [0.1, 0.15) is 30.0 Å². The fourth-order valence-electron chi connectivity index (χ4n) is 5.08. The monoisotopic (exact) mass is 516 g/mol. The normalized spacial score (nSPS) is 21.3. The largest absolute Gasteiger partial charge is 0.497 e. The Kier molecular flexibility index (Phi) is 6.92. The number of carboxylic acids is 1. The molecule has 0 aromatic heterocycles. The first-order valence-electron chi connectivity index (χ1n) is 11.9. The number of carbonyl (C=O) groups is 3. The summed E-state index contributed by atoms with van der Waals surface area (Å²) in [5.74, 6) is -3.67. The van der Waals surface area contributed by atoms with Crippen LogP contribution >= 0.6 is 0 Å². The Balaban J connectivity index is 1.65. The zero-order valence-corrected chi connectivity index (χ0v) is 21.7. The molecule has 2 aliphatic rings. The molecule has 10 heteroatoms. The Morgan fingerprint density at radius 3 is 2.25 bits per heavy atom. The van der Waals surface area contributed by atoms with Gasteiger partial charge in [0.2, 0.25) is 5.91 Å². The fraction of sp³-hybridized carbons (Fsp3) is 0.423. The lowest BCUT2D eigenvalue weighted by molar-refractivity contribution is -0.154. The molecule has 1 atom stereocenters. The predicted molar refractivity (Wildman–Crippen MR) is 133 cm³/mol. The van der Waals surface area contributed by atoms with Crippen LogP contribution in [0.5, 0.6) is 5.75 Å². The van der Waals surface area contributed by atoms with Gasteiger partial charge < -0.3 is 20.1 Å². The zero-order chi connectivity index (χ0) is 26.4.